The Balaban J connectivity index is 2.55. The zero-order chi connectivity index (χ0) is 10.6. The highest BCUT2D eigenvalue weighted by molar-refractivity contribution is 6.42. The minimum Gasteiger partial charge on any atom is -0.398 e. The normalized spacial score (nSPS) is 10.0. The molecule has 0 heterocycles. The Hall–Kier alpha value is -0.495. The third-order valence-corrected chi connectivity index (χ3v) is 1.95. The number of hydrogen-bond donors (Lipinski definition) is 2. The first-order valence-corrected chi connectivity index (χ1v) is 4.15. The van der Waals surface area contributed by atoms with E-state index in [2.05, 4.69) is 14.5 Å². The third kappa shape index (κ3) is 3.34. The SMILES string of the molecule is OOB(O)OOc1ccc(Cl)c(Cl)c1. The summed E-state index contributed by atoms with van der Waals surface area (Å²) < 4.78 is 0. The molecule has 0 aliphatic rings. The summed E-state index contributed by atoms with van der Waals surface area (Å²) in [7, 11) is -1.88. The van der Waals surface area contributed by atoms with Crippen LogP contribution in [0.15, 0.2) is 18.2 Å². The number of hydrogen-bond acceptors (Lipinski definition) is 5. The zero-order valence-corrected chi connectivity index (χ0v) is 8.20. The predicted octanol–water partition coefficient (Wildman–Crippen LogP) is 1.77. The summed E-state index contributed by atoms with van der Waals surface area (Å²) in [5.41, 5.74) is 0. The standard InChI is InChI=1S/C6H5BCl2O5/c8-5-2-1-4(3-6(5)9)12-14-7(10)13-11/h1-3,10-11H. The lowest BCUT2D eigenvalue weighted by Gasteiger charge is -2.05. The molecule has 0 fully saturated rings. The van der Waals surface area contributed by atoms with Crippen LogP contribution in [-0.2, 0) is 9.61 Å². The van der Waals surface area contributed by atoms with Crippen molar-refractivity contribution in [3.8, 4) is 5.75 Å². The lowest BCUT2D eigenvalue weighted by atomic mass is 10.3. The van der Waals surface area contributed by atoms with Crippen molar-refractivity contribution in [2.24, 2.45) is 0 Å². The smallest absolute Gasteiger partial charge is 0.398 e. The quantitative estimate of drug-likeness (QED) is 0.476. The second kappa shape index (κ2) is 5.40. The molecule has 0 radical (unpaired) electrons. The van der Waals surface area contributed by atoms with Gasteiger partial charge in [0.05, 0.1) is 10.0 Å². The summed E-state index contributed by atoms with van der Waals surface area (Å²) in [6.07, 6.45) is 0. The van der Waals surface area contributed by atoms with Crippen molar-refractivity contribution in [3.63, 3.8) is 0 Å². The van der Waals surface area contributed by atoms with E-state index in [0.717, 1.165) is 0 Å². The van der Waals surface area contributed by atoms with Crippen LogP contribution in [0.4, 0.5) is 0 Å². The Morgan fingerprint density at radius 2 is 1.93 bits per heavy atom. The van der Waals surface area contributed by atoms with Crippen molar-refractivity contribution in [2.45, 2.75) is 0 Å². The molecular formula is C6H5BCl2O5. The summed E-state index contributed by atoms with van der Waals surface area (Å²) >= 11 is 11.3. The topological polar surface area (TPSA) is 68.2 Å². The largest absolute Gasteiger partial charge is 0.703 e. The molecule has 5 nitrogen and oxygen atoms in total. The van der Waals surface area contributed by atoms with E-state index < -0.39 is 7.32 Å². The van der Waals surface area contributed by atoms with Crippen LogP contribution in [0.5, 0.6) is 5.75 Å². The van der Waals surface area contributed by atoms with Crippen LogP contribution in [0.25, 0.3) is 0 Å². The Labute approximate surface area is 89.8 Å². The van der Waals surface area contributed by atoms with Crippen LogP contribution in [0.3, 0.4) is 0 Å². The summed E-state index contributed by atoms with van der Waals surface area (Å²) in [6, 6.07) is 4.31. The molecule has 0 saturated heterocycles. The van der Waals surface area contributed by atoms with Gasteiger partial charge < -0.3 is 9.91 Å². The molecule has 0 aromatic heterocycles. The lowest BCUT2D eigenvalue weighted by Crippen LogP contribution is -2.22. The minimum atomic E-state index is -1.88. The first-order valence-electron chi connectivity index (χ1n) is 3.40. The van der Waals surface area contributed by atoms with Gasteiger partial charge in [0, 0.05) is 6.07 Å². The Bertz CT molecular complexity index is 310. The van der Waals surface area contributed by atoms with Crippen LogP contribution in [0.2, 0.25) is 10.0 Å². The van der Waals surface area contributed by atoms with Crippen molar-refractivity contribution >= 4 is 30.5 Å². The molecule has 8 heteroatoms. The van der Waals surface area contributed by atoms with E-state index in [0.29, 0.717) is 5.02 Å². The molecule has 76 valence electrons. The fourth-order valence-corrected chi connectivity index (χ4v) is 0.931. The van der Waals surface area contributed by atoms with Gasteiger partial charge in [0.15, 0.2) is 5.75 Å². The van der Waals surface area contributed by atoms with Gasteiger partial charge in [-0.25, -0.2) is 4.81 Å². The Kier molecular flexibility index (Phi) is 4.47. The first-order chi connectivity index (χ1) is 6.63. The summed E-state index contributed by atoms with van der Waals surface area (Å²) in [5, 5.41) is 17.1. The van der Waals surface area contributed by atoms with E-state index in [1.807, 2.05) is 0 Å². The van der Waals surface area contributed by atoms with Gasteiger partial charge in [-0.05, 0) is 12.1 Å². The zero-order valence-electron chi connectivity index (χ0n) is 6.68. The van der Waals surface area contributed by atoms with E-state index in [9.17, 15) is 0 Å². The molecule has 0 saturated carbocycles. The molecule has 0 aliphatic carbocycles. The lowest BCUT2D eigenvalue weighted by molar-refractivity contribution is -0.229. The van der Waals surface area contributed by atoms with E-state index in [1.54, 1.807) is 0 Å². The summed E-state index contributed by atoms with van der Waals surface area (Å²) in [4.78, 5) is 12.0. The fourth-order valence-electron chi connectivity index (χ4n) is 0.643. The molecule has 0 atom stereocenters. The molecule has 1 aromatic carbocycles. The van der Waals surface area contributed by atoms with Crippen LogP contribution >= 0.6 is 23.2 Å². The highest BCUT2D eigenvalue weighted by atomic mass is 35.5. The maximum atomic E-state index is 8.56. The minimum absolute atomic E-state index is 0.204. The number of benzene rings is 1. The Morgan fingerprint density at radius 3 is 2.50 bits per heavy atom. The van der Waals surface area contributed by atoms with Gasteiger partial charge in [0.1, 0.15) is 0 Å². The second-order valence-corrected chi connectivity index (χ2v) is 2.98. The van der Waals surface area contributed by atoms with E-state index in [-0.39, 0.29) is 10.8 Å². The van der Waals surface area contributed by atoms with Gasteiger partial charge in [-0.1, -0.05) is 23.2 Å². The highest BCUT2D eigenvalue weighted by Crippen LogP contribution is 2.26. The van der Waals surface area contributed by atoms with Crippen LogP contribution < -0.4 is 4.89 Å². The van der Waals surface area contributed by atoms with Gasteiger partial charge in [-0.15, -0.1) is 0 Å². The molecule has 1 rings (SSSR count). The molecule has 0 unspecified atom stereocenters. The molecule has 14 heavy (non-hydrogen) atoms. The Morgan fingerprint density at radius 1 is 1.21 bits per heavy atom. The summed E-state index contributed by atoms with van der Waals surface area (Å²) in [5.74, 6) is 0.204. The third-order valence-electron chi connectivity index (χ3n) is 1.21. The van der Waals surface area contributed by atoms with Crippen molar-refractivity contribution in [1.82, 2.24) is 0 Å². The maximum absolute atomic E-state index is 8.56. The van der Waals surface area contributed by atoms with Crippen molar-refractivity contribution in [1.29, 1.82) is 0 Å². The van der Waals surface area contributed by atoms with Gasteiger partial charge in [0.25, 0.3) is 0 Å². The molecule has 0 amide bonds. The van der Waals surface area contributed by atoms with Gasteiger partial charge in [0.2, 0.25) is 0 Å². The second-order valence-electron chi connectivity index (χ2n) is 2.17. The monoisotopic (exact) mass is 238 g/mol. The van der Waals surface area contributed by atoms with Crippen LogP contribution in [0, 0.1) is 0 Å². The van der Waals surface area contributed by atoms with Gasteiger partial charge in [-0.2, -0.15) is 4.81 Å². The molecule has 0 spiro atoms. The van der Waals surface area contributed by atoms with Crippen molar-refractivity contribution in [3.05, 3.63) is 28.2 Å². The molecule has 0 bridgehead atoms. The van der Waals surface area contributed by atoms with E-state index >= 15 is 0 Å². The molecule has 1 aromatic rings. The average molecular weight is 239 g/mol. The van der Waals surface area contributed by atoms with E-state index in [4.69, 9.17) is 33.5 Å². The van der Waals surface area contributed by atoms with Crippen LogP contribution in [0.1, 0.15) is 0 Å². The predicted molar refractivity (Wildman–Crippen MR) is 49.9 cm³/mol. The van der Waals surface area contributed by atoms with Crippen molar-refractivity contribution < 1.29 is 24.8 Å². The van der Waals surface area contributed by atoms with Crippen LogP contribution in [-0.4, -0.2) is 17.6 Å². The van der Waals surface area contributed by atoms with Gasteiger partial charge in [-0.3, -0.25) is 5.26 Å². The van der Waals surface area contributed by atoms with Gasteiger partial charge >= 0.3 is 7.32 Å². The maximum Gasteiger partial charge on any atom is 0.703 e. The number of rotatable bonds is 4. The first kappa shape index (κ1) is 11.6. The number of halogens is 2. The molecule has 2 N–H and O–H groups in total. The van der Waals surface area contributed by atoms with E-state index in [1.165, 1.54) is 18.2 Å². The average Bonchev–Trinajstić information content (AvgIpc) is 2.19. The molecule has 0 aliphatic heterocycles. The summed E-state index contributed by atoms with van der Waals surface area (Å²) in [6.45, 7) is 0. The van der Waals surface area contributed by atoms with Crippen molar-refractivity contribution in [2.75, 3.05) is 0 Å². The fraction of sp³-hybridized carbons (Fsp3) is 0. The highest BCUT2D eigenvalue weighted by Gasteiger charge is 2.17. The molecular weight excluding hydrogens is 234 g/mol.